The first-order chi connectivity index (χ1) is 23.5. The third kappa shape index (κ3) is 9.01. The van der Waals surface area contributed by atoms with E-state index in [1.54, 1.807) is 27.8 Å². The minimum atomic E-state index is -0.207. The minimum absolute atomic E-state index is 0.129. The van der Waals surface area contributed by atoms with Crippen LogP contribution in [0, 0.1) is 17.2 Å². The molecule has 3 aromatic heterocycles. The molecular weight excluding hydrogens is 604 g/mol. The zero-order valence-electron chi connectivity index (χ0n) is 27.8. The third-order valence-corrected chi connectivity index (χ3v) is 8.50. The molecule has 1 unspecified atom stereocenters. The van der Waals surface area contributed by atoms with Crippen molar-refractivity contribution >= 4 is 29.3 Å². The zero-order valence-corrected chi connectivity index (χ0v) is 27.8. The summed E-state index contributed by atoms with van der Waals surface area (Å²) in [5, 5.41) is 30.0. The summed E-state index contributed by atoms with van der Waals surface area (Å²) in [4.78, 5) is 29.7. The molecule has 5 rings (SSSR count). The van der Waals surface area contributed by atoms with E-state index in [0.717, 1.165) is 73.9 Å². The van der Waals surface area contributed by atoms with Crippen molar-refractivity contribution in [3.8, 4) is 17.2 Å². The monoisotopic (exact) mass is 649 g/mol. The van der Waals surface area contributed by atoms with Gasteiger partial charge >= 0.3 is 6.03 Å². The second-order valence-corrected chi connectivity index (χ2v) is 12.2. The molecule has 48 heavy (non-hydrogen) atoms. The number of hydrogen-bond acceptors (Lipinski definition) is 9. The molecule has 4 aromatic rings. The van der Waals surface area contributed by atoms with Crippen molar-refractivity contribution in [2.45, 2.75) is 58.4 Å². The number of aryl methyl sites for hydroxylation is 1. The average Bonchev–Trinajstić information content (AvgIpc) is 3.57. The summed E-state index contributed by atoms with van der Waals surface area (Å²) in [7, 11) is 1.88. The van der Waals surface area contributed by atoms with Gasteiger partial charge in [-0.15, -0.1) is 4.98 Å². The molecule has 0 saturated carbocycles. The van der Waals surface area contributed by atoms with Crippen molar-refractivity contribution in [3.05, 3.63) is 78.4 Å². The lowest BCUT2D eigenvalue weighted by atomic mass is 9.99. The number of benzene rings is 1. The topological polar surface area (TPSA) is 148 Å². The van der Waals surface area contributed by atoms with Gasteiger partial charge in [-0.1, -0.05) is 37.3 Å². The van der Waals surface area contributed by atoms with Crippen molar-refractivity contribution in [1.29, 1.82) is 5.26 Å². The van der Waals surface area contributed by atoms with Gasteiger partial charge in [-0.05, 0) is 62.5 Å². The molecule has 2 amide bonds. The second kappa shape index (κ2) is 17.1. The summed E-state index contributed by atoms with van der Waals surface area (Å²) in [5.74, 6) is 1.85. The lowest BCUT2D eigenvalue weighted by Crippen LogP contribution is -2.38. The molecule has 1 saturated heterocycles. The molecule has 1 fully saturated rings. The van der Waals surface area contributed by atoms with Gasteiger partial charge in [0.2, 0.25) is 5.95 Å². The number of nitrogens with zero attached hydrogens (tertiary/aromatic N) is 8. The Bertz CT molecular complexity index is 1710. The second-order valence-electron chi connectivity index (χ2n) is 12.2. The first-order valence-corrected chi connectivity index (χ1v) is 16.8. The van der Waals surface area contributed by atoms with Crippen LogP contribution in [-0.4, -0.2) is 72.4 Å². The summed E-state index contributed by atoms with van der Waals surface area (Å²) in [6.07, 6.45) is 13.0. The Morgan fingerprint density at radius 2 is 1.94 bits per heavy atom. The van der Waals surface area contributed by atoms with E-state index in [0.29, 0.717) is 42.8 Å². The molecule has 4 heterocycles. The van der Waals surface area contributed by atoms with Gasteiger partial charge < -0.3 is 15.3 Å². The number of amides is 2. The Hall–Kier alpha value is -5.15. The van der Waals surface area contributed by atoms with E-state index in [1.807, 2.05) is 55.7 Å². The number of pyridine rings is 1. The number of aromatic nitrogens is 5. The van der Waals surface area contributed by atoms with Crippen LogP contribution in [0.15, 0.2) is 67.3 Å². The van der Waals surface area contributed by atoms with E-state index in [2.05, 4.69) is 43.6 Å². The standard InChI is InChI=1S/C36H44N10O2/c1-3-10-32(14-7-8-17-38-35-40-22-30(19-37)34(43-35)45-18-9-13-28(24-45)26-47)46(36(48)41-20-27-11-5-4-6-12-27)33-16-15-29(21-39-33)31-23-42-44(2)25-31/h4-6,11-12,15-16,21-23,25,28,47H,3,7-10,13-14,17-18,20,24,26H2,1-2H3,(H-,38,40,41,43,48)/p+1/b46-32+. The lowest BCUT2D eigenvalue weighted by Gasteiger charge is -2.33. The zero-order chi connectivity index (χ0) is 33.7. The van der Waals surface area contributed by atoms with E-state index in [4.69, 9.17) is 4.98 Å². The van der Waals surface area contributed by atoms with Crippen LogP contribution in [0.3, 0.4) is 0 Å². The number of carbonyl (C=O) groups is 1. The highest BCUT2D eigenvalue weighted by Crippen LogP contribution is 2.25. The number of nitrogens with one attached hydrogen (secondary N) is 2. The maximum absolute atomic E-state index is 13.8. The predicted molar refractivity (Wildman–Crippen MR) is 186 cm³/mol. The van der Waals surface area contributed by atoms with Gasteiger partial charge in [-0.25, -0.2) is 9.78 Å². The fourth-order valence-corrected chi connectivity index (χ4v) is 6.00. The van der Waals surface area contributed by atoms with E-state index >= 15 is 0 Å². The van der Waals surface area contributed by atoms with Gasteiger partial charge in [0.05, 0.1) is 24.7 Å². The van der Waals surface area contributed by atoms with Crippen molar-refractivity contribution in [1.82, 2.24) is 30.0 Å². The predicted octanol–water partition coefficient (Wildman–Crippen LogP) is 5.43. The van der Waals surface area contributed by atoms with Crippen LogP contribution >= 0.6 is 0 Å². The molecule has 0 spiro atoms. The molecule has 12 nitrogen and oxygen atoms in total. The van der Waals surface area contributed by atoms with Crippen molar-refractivity contribution < 1.29 is 14.5 Å². The molecule has 1 aromatic carbocycles. The van der Waals surface area contributed by atoms with Crippen LogP contribution in [0.2, 0.25) is 0 Å². The van der Waals surface area contributed by atoms with Crippen LogP contribution in [0.1, 0.15) is 63.0 Å². The smallest absolute Gasteiger partial charge is 0.396 e. The van der Waals surface area contributed by atoms with Crippen molar-refractivity contribution in [3.63, 3.8) is 0 Å². The SMILES string of the molecule is CCC/C(CCCCNc1ncc(C#N)c(N2CCCC(CO)C2)n1)=[N+](\C(=O)NCc1ccccc1)c1ccc(-c2cnn(C)c2)cn1. The van der Waals surface area contributed by atoms with E-state index in [9.17, 15) is 15.2 Å². The fraction of sp³-hybridized carbons (Fsp3) is 0.417. The number of urea groups is 1. The minimum Gasteiger partial charge on any atom is -0.396 e. The van der Waals surface area contributed by atoms with Crippen LogP contribution < -0.4 is 15.5 Å². The lowest BCUT2D eigenvalue weighted by molar-refractivity contribution is -0.342. The molecule has 0 aliphatic carbocycles. The summed E-state index contributed by atoms with van der Waals surface area (Å²) >= 11 is 0. The first kappa shape index (κ1) is 34.2. The van der Waals surface area contributed by atoms with Crippen LogP contribution in [0.5, 0.6) is 0 Å². The highest BCUT2D eigenvalue weighted by atomic mass is 16.3. The van der Waals surface area contributed by atoms with Gasteiger partial charge in [0.15, 0.2) is 5.82 Å². The molecule has 1 aliphatic heterocycles. The van der Waals surface area contributed by atoms with Crippen molar-refractivity contribution in [2.24, 2.45) is 13.0 Å². The van der Waals surface area contributed by atoms with Crippen LogP contribution in [0.25, 0.3) is 11.1 Å². The largest absolute Gasteiger partial charge is 0.441 e. The number of aliphatic hydroxyl groups excluding tert-OH is 1. The van der Waals surface area contributed by atoms with Crippen molar-refractivity contribution in [2.75, 3.05) is 36.5 Å². The molecule has 1 aliphatic rings. The van der Waals surface area contributed by atoms with Gasteiger partial charge in [-0.3, -0.25) is 10.00 Å². The number of piperidine rings is 1. The Morgan fingerprint density at radius 3 is 2.65 bits per heavy atom. The number of hydrogen-bond donors (Lipinski definition) is 3. The molecule has 250 valence electrons. The number of anilines is 2. The summed E-state index contributed by atoms with van der Waals surface area (Å²) in [6, 6.07) is 15.8. The van der Waals surface area contributed by atoms with E-state index < -0.39 is 0 Å². The van der Waals surface area contributed by atoms with Gasteiger partial charge in [0.1, 0.15) is 17.8 Å². The van der Waals surface area contributed by atoms with E-state index in [1.165, 1.54) is 0 Å². The quantitative estimate of drug-likeness (QED) is 0.0924. The Balaban J connectivity index is 1.28. The first-order valence-electron chi connectivity index (χ1n) is 16.8. The summed E-state index contributed by atoms with van der Waals surface area (Å²) in [6.45, 7) is 4.78. The Morgan fingerprint density at radius 1 is 1.08 bits per heavy atom. The highest BCUT2D eigenvalue weighted by molar-refractivity contribution is 5.86. The molecular formula is C36H45N10O2+. The molecule has 12 heteroatoms. The average molecular weight is 650 g/mol. The van der Waals surface area contributed by atoms with E-state index in [-0.39, 0.29) is 18.6 Å². The van der Waals surface area contributed by atoms with Gasteiger partial charge in [-0.2, -0.15) is 19.9 Å². The molecule has 3 N–H and O–H groups in total. The number of rotatable bonds is 14. The molecule has 0 bridgehead atoms. The van der Waals surface area contributed by atoms with Gasteiger partial charge in [0, 0.05) is 56.7 Å². The summed E-state index contributed by atoms with van der Waals surface area (Å²) in [5.41, 5.74) is 4.36. The Kier molecular flexibility index (Phi) is 12.2. The van der Waals surface area contributed by atoms with Gasteiger partial charge in [0.25, 0.3) is 5.82 Å². The maximum Gasteiger partial charge on any atom is 0.441 e. The number of aliphatic hydroxyl groups is 1. The molecule has 0 radical (unpaired) electrons. The fourth-order valence-electron chi connectivity index (χ4n) is 6.00. The number of nitriles is 1. The van der Waals surface area contributed by atoms with Crippen LogP contribution in [-0.2, 0) is 13.6 Å². The highest BCUT2D eigenvalue weighted by Gasteiger charge is 2.24. The number of unbranched alkanes of at least 4 members (excludes halogenated alkanes) is 1. The molecule has 1 atom stereocenters. The number of carbonyl (C=O) groups excluding carboxylic acids is 1. The third-order valence-electron chi connectivity index (χ3n) is 8.50. The summed E-state index contributed by atoms with van der Waals surface area (Å²) < 4.78 is 3.49. The maximum atomic E-state index is 13.8. The Labute approximate surface area is 282 Å². The normalized spacial score (nSPS) is 15.0. The van der Waals surface area contributed by atoms with Crippen LogP contribution in [0.4, 0.5) is 22.4 Å².